The molecule has 1 aliphatic heterocycles. The monoisotopic (exact) mass is 305 g/mol. The van der Waals surface area contributed by atoms with Crippen LogP contribution < -0.4 is 11.2 Å². The Labute approximate surface area is 132 Å². The molecule has 1 aromatic rings. The SMILES string of the molecule is CCOC(=O)c1cc(B2OC(C)(C)C(C)(C)O2)cc(N)c1C. The number of nitrogen functional groups attached to an aromatic ring is 1. The van der Waals surface area contributed by atoms with Crippen LogP contribution in [0.1, 0.15) is 50.5 Å². The summed E-state index contributed by atoms with van der Waals surface area (Å²) in [7, 11) is -0.555. The van der Waals surface area contributed by atoms with Crippen LogP contribution in [0.2, 0.25) is 0 Å². The molecule has 0 aliphatic carbocycles. The molecule has 0 amide bonds. The third-order valence-corrected chi connectivity index (χ3v) is 4.49. The molecule has 2 rings (SSSR count). The molecule has 0 radical (unpaired) electrons. The fraction of sp³-hybridized carbons (Fsp3) is 0.562. The van der Waals surface area contributed by atoms with Gasteiger partial charge in [0, 0.05) is 5.69 Å². The molecule has 1 aliphatic rings. The zero-order valence-electron chi connectivity index (χ0n) is 14.1. The standard InChI is InChI=1S/C16H24BNO4/c1-7-20-14(19)12-8-11(9-13(18)10(12)2)17-21-15(3,4)16(5,6)22-17/h8-9H,7,18H2,1-6H3. The molecule has 6 heteroatoms. The Kier molecular flexibility index (Phi) is 4.28. The van der Waals surface area contributed by atoms with E-state index in [1.165, 1.54) is 0 Å². The maximum absolute atomic E-state index is 12.1. The Morgan fingerprint density at radius 3 is 2.27 bits per heavy atom. The molecule has 1 aromatic carbocycles. The lowest BCUT2D eigenvalue weighted by Crippen LogP contribution is -2.41. The Balaban J connectivity index is 2.40. The number of ether oxygens (including phenoxy) is 1. The van der Waals surface area contributed by atoms with Gasteiger partial charge in [0.2, 0.25) is 0 Å². The third-order valence-electron chi connectivity index (χ3n) is 4.49. The van der Waals surface area contributed by atoms with Gasteiger partial charge in [0.1, 0.15) is 0 Å². The Morgan fingerprint density at radius 1 is 1.23 bits per heavy atom. The van der Waals surface area contributed by atoms with Crippen LogP contribution in [0.15, 0.2) is 12.1 Å². The second-order valence-corrected chi connectivity index (χ2v) is 6.59. The van der Waals surface area contributed by atoms with Crippen LogP contribution in [0.4, 0.5) is 5.69 Å². The van der Waals surface area contributed by atoms with Gasteiger partial charge in [0.05, 0.1) is 23.4 Å². The number of carbonyl (C=O) groups is 1. The zero-order chi connectivity index (χ0) is 16.7. The summed E-state index contributed by atoms with van der Waals surface area (Å²) in [6.07, 6.45) is 0. The summed E-state index contributed by atoms with van der Waals surface area (Å²) in [4.78, 5) is 12.1. The fourth-order valence-corrected chi connectivity index (χ4v) is 2.30. The number of rotatable bonds is 3. The van der Waals surface area contributed by atoms with Crippen molar-refractivity contribution in [1.29, 1.82) is 0 Å². The number of hydrogen-bond donors (Lipinski definition) is 1. The zero-order valence-corrected chi connectivity index (χ0v) is 14.1. The number of nitrogens with two attached hydrogens (primary N) is 1. The molecule has 0 bridgehead atoms. The van der Waals surface area contributed by atoms with Crippen LogP contribution in [0, 0.1) is 6.92 Å². The summed E-state index contributed by atoms with van der Waals surface area (Å²) in [6.45, 7) is 11.8. The molecule has 1 heterocycles. The van der Waals surface area contributed by atoms with Crippen LogP contribution in [0.25, 0.3) is 0 Å². The molecule has 0 saturated carbocycles. The van der Waals surface area contributed by atoms with Crippen molar-refractivity contribution in [3.63, 3.8) is 0 Å². The summed E-state index contributed by atoms with van der Waals surface area (Å²) in [5.74, 6) is -0.384. The highest BCUT2D eigenvalue weighted by molar-refractivity contribution is 6.62. The Morgan fingerprint density at radius 2 is 1.77 bits per heavy atom. The quantitative estimate of drug-likeness (QED) is 0.526. The van der Waals surface area contributed by atoms with Gasteiger partial charge < -0.3 is 19.8 Å². The highest BCUT2D eigenvalue weighted by atomic mass is 16.7. The van der Waals surface area contributed by atoms with Gasteiger partial charge in [-0.15, -0.1) is 0 Å². The molecule has 22 heavy (non-hydrogen) atoms. The van der Waals surface area contributed by atoms with Crippen molar-refractivity contribution in [3.05, 3.63) is 23.3 Å². The van der Waals surface area contributed by atoms with Crippen molar-refractivity contribution in [3.8, 4) is 0 Å². The van der Waals surface area contributed by atoms with E-state index in [1.807, 2.05) is 27.7 Å². The van der Waals surface area contributed by atoms with Gasteiger partial charge in [-0.1, -0.05) is 0 Å². The first kappa shape index (κ1) is 16.8. The van der Waals surface area contributed by atoms with Crippen molar-refractivity contribution in [1.82, 2.24) is 0 Å². The van der Waals surface area contributed by atoms with E-state index in [0.29, 0.717) is 23.4 Å². The molecule has 120 valence electrons. The lowest BCUT2D eigenvalue weighted by Gasteiger charge is -2.32. The first-order valence-corrected chi connectivity index (χ1v) is 7.52. The molecule has 1 fully saturated rings. The molecule has 0 atom stereocenters. The second-order valence-electron chi connectivity index (χ2n) is 6.59. The predicted octanol–water partition coefficient (Wildman–Crippen LogP) is 2.05. The number of anilines is 1. The smallest absolute Gasteiger partial charge is 0.462 e. The number of carbonyl (C=O) groups excluding carboxylic acids is 1. The average molecular weight is 305 g/mol. The fourth-order valence-electron chi connectivity index (χ4n) is 2.30. The van der Waals surface area contributed by atoms with Crippen LogP contribution >= 0.6 is 0 Å². The van der Waals surface area contributed by atoms with Crippen molar-refractivity contribution in [2.24, 2.45) is 0 Å². The second kappa shape index (κ2) is 5.59. The van der Waals surface area contributed by atoms with Crippen LogP contribution in [-0.4, -0.2) is 30.9 Å². The normalized spacial score (nSPS) is 19.3. The van der Waals surface area contributed by atoms with Crippen molar-refractivity contribution in [2.45, 2.75) is 52.7 Å². The molecule has 1 saturated heterocycles. The Hall–Kier alpha value is -1.53. The van der Waals surface area contributed by atoms with E-state index < -0.39 is 18.3 Å². The van der Waals surface area contributed by atoms with E-state index in [4.69, 9.17) is 19.8 Å². The molecule has 5 nitrogen and oxygen atoms in total. The molecule has 2 N–H and O–H groups in total. The molecule has 0 aromatic heterocycles. The van der Waals surface area contributed by atoms with Crippen molar-refractivity contribution >= 4 is 24.2 Å². The van der Waals surface area contributed by atoms with E-state index in [-0.39, 0.29) is 5.97 Å². The first-order chi connectivity index (χ1) is 10.1. The number of hydrogen-bond acceptors (Lipinski definition) is 5. The summed E-state index contributed by atoms with van der Waals surface area (Å²) in [5, 5.41) is 0. The van der Waals surface area contributed by atoms with Gasteiger partial charge in [-0.2, -0.15) is 0 Å². The summed E-state index contributed by atoms with van der Waals surface area (Å²) in [5.41, 5.74) is 7.56. The van der Waals surface area contributed by atoms with E-state index >= 15 is 0 Å². The summed E-state index contributed by atoms with van der Waals surface area (Å²) in [6, 6.07) is 3.53. The molecule has 0 unspecified atom stereocenters. The van der Waals surface area contributed by atoms with Crippen LogP contribution in [-0.2, 0) is 14.0 Å². The lowest BCUT2D eigenvalue weighted by molar-refractivity contribution is 0.00578. The van der Waals surface area contributed by atoms with Gasteiger partial charge in [0.15, 0.2) is 0 Å². The average Bonchev–Trinajstić information content (AvgIpc) is 2.61. The highest BCUT2D eigenvalue weighted by Crippen LogP contribution is 2.36. The minimum atomic E-state index is -0.555. The van der Waals surface area contributed by atoms with E-state index in [9.17, 15) is 4.79 Å². The van der Waals surface area contributed by atoms with Gasteiger partial charge in [-0.25, -0.2) is 4.79 Å². The largest absolute Gasteiger partial charge is 0.494 e. The summed E-state index contributed by atoms with van der Waals surface area (Å²) < 4.78 is 17.1. The molecular weight excluding hydrogens is 281 g/mol. The lowest BCUT2D eigenvalue weighted by atomic mass is 9.77. The van der Waals surface area contributed by atoms with E-state index in [1.54, 1.807) is 26.0 Å². The summed E-state index contributed by atoms with van der Waals surface area (Å²) >= 11 is 0. The van der Waals surface area contributed by atoms with Gasteiger partial charge in [0.25, 0.3) is 0 Å². The molecular formula is C16H24BNO4. The minimum Gasteiger partial charge on any atom is -0.462 e. The van der Waals surface area contributed by atoms with Gasteiger partial charge in [-0.3, -0.25) is 0 Å². The first-order valence-electron chi connectivity index (χ1n) is 7.52. The predicted molar refractivity (Wildman–Crippen MR) is 87.3 cm³/mol. The minimum absolute atomic E-state index is 0.318. The van der Waals surface area contributed by atoms with Crippen molar-refractivity contribution < 1.29 is 18.8 Å². The number of benzene rings is 1. The van der Waals surface area contributed by atoms with Gasteiger partial charge in [-0.05, 0) is 64.7 Å². The van der Waals surface area contributed by atoms with E-state index in [0.717, 1.165) is 5.46 Å². The number of esters is 1. The van der Waals surface area contributed by atoms with Crippen LogP contribution in [0.5, 0.6) is 0 Å². The maximum Gasteiger partial charge on any atom is 0.494 e. The Bertz CT molecular complexity index is 582. The molecule has 0 spiro atoms. The van der Waals surface area contributed by atoms with E-state index in [2.05, 4.69) is 0 Å². The van der Waals surface area contributed by atoms with Crippen molar-refractivity contribution in [2.75, 3.05) is 12.3 Å². The maximum atomic E-state index is 12.1. The van der Waals surface area contributed by atoms with Gasteiger partial charge >= 0.3 is 13.1 Å². The third kappa shape index (κ3) is 2.85. The van der Waals surface area contributed by atoms with Crippen LogP contribution in [0.3, 0.4) is 0 Å². The highest BCUT2D eigenvalue weighted by Gasteiger charge is 2.51. The topological polar surface area (TPSA) is 70.8 Å².